The van der Waals surface area contributed by atoms with E-state index in [0.29, 0.717) is 21.7 Å². The highest BCUT2D eigenvalue weighted by Gasteiger charge is 2.20. The first kappa shape index (κ1) is 14.0. The number of nitrogens with zero attached hydrogens (tertiary/aromatic N) is 1. The topological polar surface area (TPSA) is 83.0 Å². The number of para-hydroxylation sites is 2. The van der Waals surface area contributed by atoms with E-state index in [1.807, 2.05) is 30.3 Å². The lowest BCUT2D eigenvalue weighted by Crippen LogP contribution is -2.21. The van der Waals surface area contributed by atoms with Crippen LogP contribution in [0.4, 0.5) is 0 Å². The van der Waals surface area contributed by atoms with E-state index in [1.54, 1.807) is 12.1 Å². The van der Waals surface area contributed by atoms with Crippen LogP contribution in [0.25, 0.3) is 17.1 Å². The molecule has 0 saturated carbocycles. The first-order chi connectivity index (χ1) is 11.2. The monoisotopic (exact) mass is 342 g/mol. The van der Waals surface area contributed by atoms with Gasteiger partial charge in [0.2, 0.25) is 0 Å². The van der Waals surface area contributed by atoms with Gasteiger partial charge in [0.1, 0.15) is 11.5 Å². The highest BCUT2D eigenvalue weighted by atomic mass is 32.2. The van der Waals surface area contributed by atoms with Gasteiger partial charge in [0.05, 0.1) is 11.0 Å². The number of rotatable bonds is 3. The van der Waals surface area contributed by atoms with Crippen LogP contribution in [0.5, 0.6) is 0 Å². The average Bonchev–Trinajstić information content (AvgIpc) is 3.19. The predicted molar refractivity (Wildman–Crippen MR) is 90.8 cm³/mol. The number of thiocarbonyl (C=S) groups is 1. The fourth-order valence-electron chi connectivity index (χ4n) is 2.16. The molecule has 0 aliphatic carbocycles. The molecule has 0 atom stereocenters. The van der Waals surface area contributed by atoms with Crippen LogP contribution in [0.2, 0.25) is 0 Å². The number of carbonyl (C=O) groups excluding carboxylic acids is 1. The van der Waals surface area contributed by atoms with Crippen molar-refractivity contribution in [2.24, 2.45) is 0 Å². The summed E-state index contributed by atoms with van der Waals surface area (Å²) in [5, 5.41) is 7.00. The Balaban J connectivity index is 1.55. The number of aromatic amines is 1. The molecular formula is C15H10N4O2S2. The molecule has 8 heteroatoms. The fourth-order valence-corrected chi connectivity index (χ4v) is 3.14. The number of furan rings is 1. The summed E-state index contributed by atoms with van der Waals surface area (Å²) in [5.41, 5.74) is 2.25. The van der Waals surface area contributed by atoms with E-state index in [4.69, 9.17) is 16.6 Å². The summed E-state index contributed by atoms with van der Waals surface area (Å²) in [6, 6.07) is 11.4. The van der Waals surface area contributed by atoms with Crippen molar-refractivity contribution in [2.45, 2.75) is 10.2 Å². The van der Waals surface area contributed by atoms with Crippen LogP contribution >= 0.6 is 24.0 Å². The molecule has 1 amide bonds. The van der Waals surface area contributed by atoms with Crippen molar-refractivity contribution in [3.63, 3.8) is 0 Å². The standard InChI is InChI=1S/C15H10N4O2S2/c20-13-11(16-14(22)19-13)7-8-5-6-12(21-8)23-15-17-9-3-1-2-4-10(9)18-15/h1-7H,(H,17,18)(H2,16,19,20,22)/b11-7+. The first-order valence-electron chi connectivity index (χ1n) is 6.74. The number of imidazole rings is 1. The quantitative estimate of drug-likeness (QED) is 0.501. The Kier molecular flexibility index (Phi) is 3.40. The number of benzene rings is 1. The van der Waals surface area contributed by atoms with Crippen LogP contribution in [0.15, 0.2) is 56.8 Å². The Morgan fingerprint density at radius 3 is 2.83 bits per heavy atom. The van der Waals surface area contributed by atoms with Gasteiger partial charge in [-0.15, -0.1) is 0 Å². The molecule has 4 rings (SSSR count). The molecule has 1 aromatic carbocycles. The summed E-state index contributed by atoms with van der Waals surface area (Å²) in [6.07, 6.45) is 1.61. The fraction of sp³-hybridized carbons (Fsp3) is 0. The van der Waals surface area contributed by atoms with Gasteiger partial charge in [-0.2, -0.15) is 0 Å². The summed E-state index contributed by atoms with van der Waals surface area (Å²) >= 11 is 6.27. The van der Waals surface area contributed by atoms with Gasteiger partial charge in [-0.25, -0.2) is 4.98 Å². The molecule has 0 radical (unpaired) electrons. The highest BCUT2D eigenvalue weighted by Crippen LogP contribution is 2.29. The minimum absolute atomic E-state index is 0.266. The molecular weight excluding hydrogens is 332 g/mol. The van der Waals surface area contributed by atoms with Crippen molar-refractivity contribution < 1.29 is 9.21 Å². The van der Waals surface area contributed by atoms with Gasteiger partial charge in [-0.1, -0.05) is 12.1 Å². The normalized spacial score (nSPS) is 16.1. The first-order valence-corrected chi connectivity index (χ1v) is 7.96. The third kappa shape index (κ3) is 2.86. The van der Waals surface area contributed by atoms with Crippen molar-refractivity contribution >= 4 is 52.1 Å². The van der Waals surface area contributed by atoms with E-state index >= 15 is 0 Å². The zero-order chi connectivity index (χ0) is 15.8. The molecule has 0 spiro atoms. The molecule has 114 valence electrons. The number of hydrogen-bond acceptors (Lipinski definition) is 5. The van der Waals surface area contributed by atoms with Crippen LogP contribution in [0.1, 0.15) is 5.76 Å². The molecule has 6 nitrogen and oxygen atoms in total. The smallest absolute Gasteiger partial charge is 0.274 e. The Hall–Kier alpha value is -2.58. The van der Waals surface area contributed by atoms with Gasteiger partial charge in [-0.05, 0) is 48.2 Å². The lowest BCUT2D eigenvalue weighted by atomic mass is 10.3. The Labute approximate surface area is 140 Å². The molecule has 3 aromatic rings. The van der Waals surface area contributed by atoms with Crippen LogP contribution < -0.4 is 10.6 Å². The van der Waals surface area contributed by atoms with Gasteiger partial charge in [0, 0.05) is 6.08 Å². The van der Waals surface area contributed by atoms with Crippen molar-refractivity contribution in [1.82, 2.24) is 20.6 Å². The second kappa shape index (κ2) is 5.56. The highest BCUT2D eigenvalue weighted by molar-refractivity contribution is 7.99. The SMILES string of the molecule is O=C1NC(=S)N/C1=C/c1ccc(Sc2nc3ccccc3[nH]2)o1. The van der Waals surface area contributed by atoms with Crippen LogP contribution in [-0.2, 0) is 4.79 Å². The van der Waals surface area contributed by atoms with Gasteiger partial charge in [0.15, 0.2) is 15.4 Å². The number of nitrogens with one attached hydrogen (secondary N) is 3. The Morgan fingerprint density at radius 2 is 2.04 bits per heavy atom. The number of carbonyl (C=O) groups is 1. The molecule has 3 heterocycles. The number of H-pyrrole nitrogens is 1. The molecule has 1 aliphatic heterocycles. The van der Waals surface area contributed by atoms with Crippen molar-refractivity contribution in [2.75, 3.05) is 0 Å². The molecule has 0 bridgehead atoms. The number of hydrogen-bond donors (Lipinski definition) is 3. The largest absolute Gasteiger partial charge is 0.450 e. The maximum atomic E-state index is 11.6. The summed E-state index contributed by atoms with van der Waals surface area (Å²) in [6.45, 7) is 0. The molecule has 1 fully saturated rings. The minimum atomic E-state index is -0.266. The lowest BCUT2D eigenvalue weighted by molar-refractivity contribution is -0.115. The summed E-state index contributed by atoms with van der Waals surface area (Å²) < 4.78 is 5.69. The van der Waals surface area contributed by atoms with E-state index in [0.717, 1.165) is 16.2 Å². The predicted octanol–water partition coefficient (Wildman–Crippen LogP) is 2.65. The summed E-state index contributed by atoms with van der Waals surface area (Å²) in [5.74, 6) is 0.295. The lowest BCUT2D eigenvalue weighted by Gasteiger charge is -1.93. The van der Waals surface area contributed by atoms with E-state index in [-0.39, 0.29) is 5.91 Å². The Morgan fingerprint density at radius 1 is 1.17 bits per heavy atom. The van der Waals surface area contributed by atoms with Crippen LogP contribution in [0.3, 0.4) is 0 Å². The maximum absolute atomic E-state index is 11.6. The zero-order valence-electron chi connectivity index (χ0n) is 11.6. The summed E-state index contributed by atoms with van der Waals surface area (Å²) in [4.78, 5) is 19.3. The van der Waals surface area contributed by atoms with Gasteiger partial charge in [0.25, 0.3) is 5.91 Å². The second-order valence-corrected chi connectivity index (χ2v) is 6.19. The third-order valence-electron chi connectivity index (χ3n) is 3.17. The molecule has 2 aromatic heterocycles. The zero-order valence-corrected chi connectivity index (χ0v) is 13.3. The number of aromatic nitrogens is 2. The van der Waals surface area contributed by atoms with Crippen LogP contribution in [-0.4, -0.2) is 21.0 Å². The van der Waals surface area contributed by atoms with Crippen molar-refractivity contribution in [1.29, 1.82) is 0 Å². The molecule has 1 saturated heterocycles. The van der Waals surface area contributed by atoms with Gasteiger partial charge >= 0.3 is 0 Å². The third-order valence-corrected chi connectivity index (χ3v) is 4.18. The van der Waals surface area contributed by atoms with Crippen molar-refractivity contribution in [3.8, 4) is 0 Å². The summed E-state index contributed by atoms with van der Waals surface area (Å²) in [7, 11) is 0. The maximum Gasteiger partial charge on any atom is 0.274 e. The van der Waals surface area contributed by atoms with E-state index in [1.165, 1.54) is 11.8 Å². The second-order valence-electron chi connectivity index (χ2n) is 4.78. The Bertz CT molecular complexity index is 924. The van der Waals surface area contributed by atoms with E-state index < -0.39 is 0 Å². The van der Waals surface area contributed by atoms with E-state index in [9.17, 15) is 4.79 Å². The number of amides is 1. The minimum Gasteiger partial charge on any atom is -0.450 e. The van der Waals surface area contributed by atoms with Gasteiger partial charge in [-0.3, -0.25) is 10.1 Å². The van der Waals surface area contributed by atoms with Crippen molar-refractivity contribution in [3.05, 3.63) is 47.9 Å². The van der Waals surface area contributed by atoms with Gasteiger partial charge < -0.3 is 14.7 Å². The average molecular weight is 342 g/mol. The van der Waals surface area contributed by atoms with E-state index in [2.05, 4.69) is 20.6 Å². The molecule has 23 heavy (non-hydrogen) atoms. The number of fused-ring (bicyclic) bond motifs is 1. The molecule has 1 aliphatic rings. The molecule has 0 unspecified atom stereocenters. The van der Waals surface area contributed by atoms with Crippen LogP contribution in [0, 0.1) is 0 Å². The molecule has 3 N–H and O–H groups in total.